The van der Waals surface area contributed by atoms with Gasteiger partial charge in [0.1, 0.15) is 0 Å². The number of hydrogen-bond donors (Lipinski definition) is 2. The van der Waals surface area contributed by atoms with Crippen LogP contribution in [-0.2, 0) is 16.4 Å². The first-order chi connectivity index (χ1) is 15.6. The van der Waals surface area contributed by atoms with Crippen molar-refractivity contribution in [2.45, 2.75) is 42.7 Å². The van der Waals surface area contributed by atoms with E-state index < -0.39 is 29.0 Å². The summed E-state index contributed by atoms with van der Waals surface area (Å²) in [5, 5.41) is 16.5. The number of nitrogens with zero attached hydrogens (tertiary/aromatic N) is 3. The minimum atomic E-state index is -4.44. The van der Waals surface area contributed by atoms with Crippen molar-refractivity contribution in [2.24, 2.45) is 20.4 Å². The summed E-state index contributed by atoms with van der Waals surface area (Å²) in [7, 11) is -4.38. The Morgan fingerprint density at radius 2 is 1.76 bits per heavy atom. The number of piperidine rings is 1. The van der Waals surface area contributed by atoms with Gasteiger partial charge in [0, 0.05) is 12.0 Å². The number of halogens is 3. The van der Waals surface area contributed by atoms with Crippen LogP contribution in [0.1, 0.15) is 41.9 Å². The fourth-order valence-corrected chi connectivity index (χ4v) is 5.36. The van der Waals surface area contributed by atoms with Gasteiger partial charge in [-0.05, 0) is 60.5 Å². The zero-order chi connectivity index (χ0) is 23.6. The molecule has 2 heterocycles. The predicted molar refractivity (Wildman–Crippen MR) is 119 cm³/mol. The lowest BCUT2D eigenvalue weighted by atomic mass is 9.88. The molecule has 0 spiro atoms. The van der Waals surface area contributed by atoms with Gasteiger partial charge in [0.25, 0.3) is 0 Å². The molecule has 3 N–H and O–H groups in total. The Morgan fingerprint density at radius 1 is 1.06 bits per heavy atom. The van der Waals surface area contributed by atoms with E-state index in [1.807, 2.05) is 24.3 Å². The third-order valence-electron chi connectivity index (χ3n) is 5.91. The van der Waals surface area contributed by atoms with Gasteiger partial charge in [-0.3, -0.25) is 0 Å². The van der Waals surface area contributed by atoms with E-state index in [0.717, 1.165) is 25.9 Å². The number of primary sulfonamides is 1. The first-order valence-corrected chi connectivity index (χ1v) is 12.2. The van der Waals surface area contributed by atoms with E-state index in [4.69, 9.17) is 5.14 Å². The van der Waals surface area contributed by atoms with Gasteiger partial charge in [-0.2, -0.15) is 18.3 Å². The van der Waals surface area contributed by atoms with E-state index in [9.17, 15) is 21.6 Å². The molecule has 4 rings (SSSR count). The monoisotopic (exact) mass is 479 g/mol. The van der Waals surface area contributed by atoms with E-state index in [2.05, 4.69) is 20.5 Å². The minimum absolute atomic E-state index is 0.0142. The Labute approximate surface area is 190 Å². The van der Waals surface area contributed by atoms with Gasteiger partial charge >= 0.3 is 6.18 Å². The number of aryl methyl sites for hydroxylation is 1. The zero-order valence-electron chi connectivity index (χ0n) is 17.8. The highest BCUT2D eigenvalue weighted by molar-refractivity contribution is 7.89. The molecule has 7 nitrogen and oxygen atoms in total. The average molecular weight is 480 g/mol. The summed E-state index contributed by atoms with van der Waals surface area (Å²) in [5.41, 5.74) is 2.43. The van der Waals surface area contributed by atoms with Crippen LogP contribution in [0.3, 0.4) is 0 Å². The van der Waals surface area contributed by atoms with Crippen LogP contribution in [-0.4, -0.2) is 40.2 Å². The van der Waals surface area contributed by atoms with E-state index in [-0.39, 0.29) is 28.5 Å². The molecule has 0 bridgehead atoms. The van der Waals surface area contributed by atoms with Crippen molar-refractivity contribution in [3.63, 3.8) is 0 Å². The molecular weight excluding hydrogens is 455 g/mol. The summed E-state index contributed by atoms with van der Waals surface area (Å²) in [6.45, 7) is 1.93. The number of aliphatic imine (C=N–C) groups is 1. The molecular formula is C22H24F3N5O2S. The van der Waals surface area contributed by atoms with Crippen molar-refractivity contribution in [2.75, 3.05) is 19.8 Å². The number of hydrogen-bond acceptors (Lipinski definition) is 6. The molecule has 0 saturated carbocycles. The highest BCUT2D eigenvalue weighted by Crippen LogP contribution is 2.36. The number of nitrogens with one attached hydrogen (secondary N) is 1. The van der Waals surface area contributed by atoms with Crippen LogP contribution in [0.2, 0.25) is 0 Å². The van der Waals surface area contributed by atoms with Crippen molar-refractivity contribution in [3.8, 4) is 11.1 Å². The van der Waals surface area contributed by atoms with Crippen molar-refractivity contribution < 1.29 is 21.6 Å². The Bertz CT molecular complexity index is 1190. The molecule has 0 aliphatic carbocycles. The fraction of sp³-hybridized carbons (Fsp3) is 0.409. The second-order valence-corrected chi connectivity index (χ2v) is 9.65. The molecule has 1 saturated heterocycles. The lowest BCUT2D eigenvalue weighted by molar-refractivity contribution is -0.134. The second-order valence-electron chi connectivity index (χ2n) is 8.15. The number of amidine groups is 1. The molecule has 2 aromatic rings. The maximum Gasteiger partial charge on any atom is 0.389 e. The third kappa shape index (κ3) is 5.48. The van der Waals surface area contributed by atoms with Crippen molar-refractivity contribution in [1.82, 2.24) is 5.32 Å². The summed E-state index contributed by atoms with van der Waals surface area (Å²) in [6.07, 6.45) is -4.07. The lowest BCUT2D eigenvalue weighted by Crippen LogP contribution is -2.26. The predicted octanol–water partition coefficient (Wildman–Crippen LogP) is 4.13. The van der Waals surface area contributed by atoms with Crippen LogP contribution in [0.15, 0.2) is 56.5 Å². The number of azo groups is 1. The van der Waals surface area contributed by atoms with Crippen LogP contribution in [0.4, 0.5) is 13.2 Å². The van der Waals surface area contributed by atoms with Crippen molar-refractivity contribution in [1.29, 1.82) is 0 Å². The number of sulfonamides is 1. The van der Waals surface area contributed by atoms with Crippen LogP contribution in [0, 0.1) is 0 Å². The number of alkyl halides is 3. The molecule has 176 valence electrons. The summed E-state index contributed by atoms with van der Waals surface area (Å²) >= 11 is 0. The molecule has 0 unspecified atom stereocenters. The highest BCUT2D eigenvalue weighted by Gasteiger charge is 2.31. The Balaban J connectivity index is 1.82. The maximum atomic E-state index is 12.9. The van der Waals surface area contributed by atoms with Gasteiger partial charge in [-0.15, -0.1) is 5.11 Å². The zero-order valence-corrected chi connectivity index (χ0v) is 18.6. The minimum Gasteiger partial charge on any atom is -0.317 e. The van der Waals surface area contributed by atoms with E-state index in [1.165, 1.54) is 11.6 Å². The van der Waals surface area contributed by atoms with Gasteiger partial charge in [0.05, 0.1) is 4.90 Å². The summed E-state index contributed by atoms with van der Waals surface area (Å²) in [6, 6.07) is 10.8. The average Bonchev–Trinajstić information content (AvgIpc) is 3.31. The van der Waals surface area contributed by atoms with Crippen LogP contribution >= 0.6 is 0 Å². The molecule has 2 aliphatic heterocycles. The highest BCUT2D eigenvalue weighted by atomic mass is 32.2. The first-order valence-electron chi connectivity index (χ1n) is 10.6. The van der Waals surface area contributed by atoms with Crippen molar-refractivity contribution in [3.05, 3.63) is 53.1 Å². The molecule has 0 atom stereocenters. The SMILES string of the molecule is NS(=O)(=O)c1c(CCC(F)(F)F)ccc(-c2ccc(C3CCNCC3)cc2)c1C1=NCN=N1. The maximum absolute atomic E-state index is 12.9. The van der Waals surface area contributed by atoms with Crippen LogP contribution in [0.5, 0.6) is 0 Å². The Kier molecular flexibility index (Phi) is 6.64. The fourth-order valence-electron chi connectivity index (χ4n) is 4.33. The molecule has 2 aliphatic rings. The van der Waals surface area contributed by atoms with E-state index >= 15 is 0 Å². The number of benzene rings is 2. The van der Waals surface area contributed by atoms with Gasteiger partial charge < -0.3 is 5.32 Å². The first kappa shape index (κ1) is 23.5. The molecule has 0 amide bonds. The van der Waals surface area contributed by atoms with E-state index in [0.29, 0.717) is 17.0 Å². The van der Waals surface area contributed by atoms with Gasteiger partial charge in [-0.25, -0.2) is 18.5 Å². The van der Waals surface area contributed by atoms with E-state index in [1.54, 1.807) is 6.07 Å². The largest absolute Gasteiger partial charge is 0.389 e. The quantitative estimate of drug-likeness (QED) is 0.650. The Morgan fingerprint density at radius 3 is 2.33 bits per heavy atom. The molecule has 11 heteroatoms. The van der Waals surface area contributed by atoms with Crippen LogP contribution in [0.25, 0.3) is 11.1 Å². The summed E-state index contributed by atoms with van der Waals surface area (Å²) in [4.78, 5) is 3.76. The Hall–Kier alpha value is -2.63. The molecule has 2 aromatic carbocycles. The summed E-state index contributed by atoms with van der Waals surface area (Å²) < 4.78 is 63.7. The van der Waals surface area contributed by atoms with Crippen molar-refractivity contribution >= 4 is 15.9 Å². The number of nitrogens with two attached hydrogens (primary N) is 1. The smallest absolute Gasteiger partial charge is 0.317 e. The standard InChI is InChI=1S/C22H24F3N5O2S/c23-22(24,25)10-7-17-5-6-18(19(20(17)33(26,31)32)21-28-13-29-30-21)16-3-1-14(2-4-16)15-8-11-27-12-9-15/h1-6,15,27H,7-13H2,(H2,26,31,32). The topological polar surface area (TPSA) is 109 Å². The van der Waals surface area contributed by atoms with Gasteiger partial charge in [0.2, 0.25) is 10.0 Å². The molecule has 33 heavy (non-hydrogen) atoms. The second kappa shape index (κ2) is 9.32. The normalized spacial score (nSPS) is 17.4. The molecule has 0 aromatic heterocycles. The lowest BCUT2D eigenvalue weighted by Gasteiger charge is -2.23. The van der Waals surface area contributed by atoms with Crippen LogP contribution < -0.4 is 10.5 Å². The van der Waals surface area contributed by atoms with Gasteiger partial charge in [0.15, 0.2) is 12.5 Å². The molecule has 1 fully saturated rings. The van der Waals surface area contributed by atoms with Gasteiger partial charge in [-0.1, -0.05) is 36.4 Å². The molecule has 0 radical (unpaired) electrons. The number of rotatable bonds is 6. The third-order valence-corrected chi connectivity index (χ3v) is 6.94. The summed E-state index contributed by atoms with van der Waals surface area (Å²) in [5.74, 6) is 0.489.